The molecule has 1 unspecified atom stereocenters. The molecular formula is C50H82O6. The van der Waals surface area contributed by atoms with Gasteiger partial charge in [-0.05, 0) is 83.5 Å². The Balaban J connectivity index is 4.47. The normalized spacial score (nSPS) is 12.8. The number of allylic oxidation sites excluding steroid dienone is 14. The zero-order valence-electron chi connectivity index (χ0n) is 36.1. The zero-order chi connectivity index (χ0) is 40.8. The van der Waals surface area contributed by atoms with Crippen LogP contribution in [0.25, 0.3) is 0 Å². The molecule has 0 saturated heterocycles. The Morgan fingerprint density at radius 1 is 0.393 bits per heavy atom. The SMILES string of the molecule is CC\C=C/C=C\C=C/CCCCCCCC(=O)OC(COC(=O)CCCCC/C=C\C=C/CCCC)COC(=O)CCCCCCCCC/C=C\C/C=C\CC. The average Bonchev–Trinajstić information content (AvgIpc) is 3.19. The molecule has 0 amide bonds. The molecule has 0 heterocycles. The lowest BCUT2D eigenvalue weighted by Crippen LogP contribution is -2.30. The second-order valence-electron chi connectivity index (χ2n) is 14.6. The van der Waals surface area contributed by atoms with Crippen LogP contribution in [0, 0.1) is 0 Å². The van der Waals surface area contributed by atoms with Gasteiger partial charge < -0.3 is 14.2 Å². The maximum absolute atomic E-state index is 12.7. The Labute approximate surface area is 344 Å². The molecule has 0 spiro atoms. The van der Waals surface area contributed by atoms with Crippen molar-refractivity contribution in [2.45, 2.75) is 200 Å². The molecule has 56 heavy (non-hydrogen) atoms. The summed E-state index contributed by atoms with van der Waals surface area (Å²) in [7, 11) is 0. The van der Waals surface area contributed by atoms with E-state index in [1.54, 1.807) is 0 Å². The molecule has 6 nitrogen and oxygen atoms in total. The van der Waals surface area contributed by atoms with Crippen LogP contribution in [0.15, 0.2) is 85.1 Å². The largest absolute Gasteiger partial charge is 0.462 e. The van der Waals surface area contributed by atoms with E-state index >= 15 is 0 Å². The predicted molar refractivity (Wildman–Crippen MR) is 237 cm³/mol. The summed E-state index contributed by atoms with van der Waals surface area (Å²) in [6.45, 7) is 6.27. The van der Waals surface area contributed by atoms with Crippen molar-refractivity contribution in [1.29, 1.82) is 0 Å². The van der Waals surface area contributed by atoms with Crippen molar-refractivity contribution < 1.29 is 28.6 Å². The predicted octanol–water partition coefficient (Wildman–Crippen LogP) is 14.5. The van der Waals surface area contributed by atoms with E-state index in [-0.39, 0.29) is 31.1 Å². The molecule has 0 fully saturated rings. The Morgan fingerprint density at radius 3 is 1.30 bits per heavy atom. The highest BCUT2D eigenvalue weighted by Gasteiger charge is 2.19. The van der Waals surface area contributed by atoms with Crippen LogP contribution in [0.3, 0.4) is 0 Å². The lowest BCUT2D eigenvalue weighted by molar-refractivity contribution is -0.167. The average molecular weight is 779 g/mol. The molecule has 0 aliphatic heterocycles. The molecular weight excluding hydrogens is 697 g/mol. The van der Waals surface area contributed by atoms with Crippen LogP contribution in [-0.2, 0) is 28.6 Å². The van der Waals surface area contributed by atoms with Gasteiger partial charge in [0.25, 0.3) is 0 Å². The van der Waals surface area contributed by atoms with Crippen molar-refractivity contribution in [3.63, 3.8) is 0 Å². The van der Waals surface area contributed by atoms with E-state index in [1.165, 1.54) is 38.5 Å². The fraction of sp³-hybridized carbons (Fsp3) is 0.660. The number of hydrogen-bond donors (Lipinski definition) is 0. The van der Waals surface area contributed by atoms with E-state index in [0.29, 0.717) is 19.3 Å². The fourth-order valence-electron chi connectivity index (χ4n) is 5.81. The summed E-state index contributed by atoms with van der Waals surface area (Å²) in [5.74, 6) is -0.965. The van der Waals surface area contributed by atoms with Crippen LogP contribution in [0.4, 0.5) is 0 Å². The Hall–Kier alpha value is -3.41. The van der Waals surface area contributed by atoms with Crippen LogP contribution >= 0.6 is 0 Å². The van der Waals surface area contributed by atoms with Crippen molar-refractivity contribution in [2.75, 3.05) is 13.2 Å². The Morgan fingerprint density at radius 2 is 0.786 bits per heavy atom. The lowest BCUT2D eigenvalue weighted by atomic mass is 10.1. The zero-order valence-corrected chi connectivity index (χ0v) is 36.1. The van der Waals surface area contributed by atoms with Gasteiger partial charge in [0.05, 0.1) is 0 Å². The maximum Gasteiger partial charge on any atom is 0.306 e. The van der Waals surface area contributed by atoms with E-state index in [2.05, 4.69) is 99.8 Å². The van der Waals surface area contributed by atoms with E-state index < -0.39 is 6.10 Å². The van der Waals surface area contributed by atoms with Gasteiger partial charge in [-0.25, -0.2) is 0 Å². The quantitative estimate of drug-likeness (QED) is 0.0203. The van der Waals surface area contributed by atoms with Gasteiger partial charge in [-0.15, -0.1) is 0 Å². The van der Waals surface area contributed by atoms with Gasteiger partial charge in [-0.1, -0.05) is 176 Å². The number of esters is 3. The van der Waals surface area contributed by atoms with Gasteiger partial charge >= 0.3 is 17.9 Å². The summed E-state index contributed by atoms with van der Waals surface area (Å²) >= 11 is 0. The molecule has 0 radical (unpaired) electrons. The van der Waals surface area contributed by atoms with E-state index in [4.69, 9.17) is 14.2 Å². The summed E-state index contributed by atoms with van der Waals surface area (Å²) < 4.78 is 16.7. The number of rotatable bonds is 39. The van der Waals surface area contributed by atoms with Crippen molar-refractivity contribution >= 4 is 17.9 Å². The summed E-state index contributed by atoms with van der Waals surface area (Å²) in [6, 6.07) is 0. The van der Waals surface area contributed by atoms with Crippen molar-refractivity contribution in [1.82, 2.24) is 0 Å². The number of unbranched alkanes of at least 4 members (excludes halogenated alkanes) is 17. The van der Waals surface area contributed by atoms with E-state index in [0.717, 1.165) is 116 Å². The Bertz CT molecular complexity index is 1120. The van der Waals surface area contributed by atoms with E-state index in [9.17, 15) is 14.4 Å². The monoisotopic (exact) mass is 779 g/mol. The summed E-state index contributed by atoms with van der Waals surface area (Å²) in [6.07, 6.45) is 55.6. The first-order valence-electron chi connectivity index (χ1n) is 22.6. The summed E-state index contributed by atoms with van der Waals surface area (Å²) in [5, 5.41) is 0. The summed E-state index contributed by atoms with van der Waals surface area (Å²) in [4.78, 5) is 37.7. The second kappa shape index (κ2) is 44.3. The van der Waals surface area contributed by atoms with E-state index in [1.807, 2.05) is 6.08 Å². The van der Waals surface area contributed by atoms with Gasteiger partial charge in [-0.3, -0.25) is 14.4 Å². The first kappa shape index (κ1) is 52.6. The van der Waals surface area contributed by atoms with Crippen LogP contribution in [0.2, 0.25) is 0 Å². The van der Waals surface area contributed by atoms with Gasteiger partial charge in [0, 0.05) is 19.3 Å². The van der Waals surface area contributed by atoms with Gasteiger partial charge in [-0.2, -0.15) is 0 Å². The van der Waals surface area contributed by atoms with Gasteiger partial charge in [0.2, 0.25) is 0 Å². The van der Waals surface area contributed by atoms with Crippen molar-refractivity contribution in [3.8, 4) is 0 Å². The third kappa shape index (κ3) is 41.7. The molecule has 0 aliphatic rings. The minimum atomic E-state index is -0.799. The fourth-order valence-corrected chi connectivity index (χ4v) is 5.81. The molecule has 0 bridgehead atoms. The molecule has 0 aromatic heterocycles. The smallest absolute Gasteiger partial charge is 0.306 e. The van der Waals surface area contributed by atoms with Crippen LogP contribution in [-0.4, -0.2) is 37.2 Å². The molecule has 1 atom stereocenters. The van der Waals surface area contributed by atoms with Crippen LogP contribution in [0.1, 0.15) is 194 Å². The molecule has 0 rings (SSSR count). The lowest BCUT2D eigenvalue weighted by Gasteiger charge is -2.18. The van der Waals surface area contributed by atoms with Gasteiger partial charge in [0.1, 0.15) is 13.2 Å². The minimum Gasteiger partial charge on any atom is -0.462 e. The third-order valence-electron chi connectivity index (χ3n) is 9.20. The summed E-state index contributed by atoms with van der Waals surface area (Å²) in [5.41, 5.74) is 0. The molecule has 0 aliphatic carbocycles. The van der Waals surface area contributed by atoms with Crippen LogP contribution < -0.4 is 0 Å². The molecule has 6 heteroatoms. The highest BCUT2D eigenvalue weighted by Crippen LogP contribution is 2.13. The molecule has 318 valence electrons. The molecule has 0 N–H and O–H groups in total. The highest BCUT2D eigenvalue weighted by atomic mass is 16.6. The van der Waals surface area contributed by atoms with Crippen LogP contribution in [0.5, 0.6) is 0 Å². The first-order valence-corrected chi connectivity index (χ1v) is 22.6. The first-order chi connectivity index (χ1) is 27.5. The molecule has 0 aromatic rings. The van der Waals surface area contributed by atoms with Crippen molar-refractivity contribution in [2.24, 2.45) is 0 Å². The molecule has 0 saturated carbocycles. The number of carbonyl (C=O) groups is 3. The molecule has 0 aromatic carbocycles. The number of ether oxygens (including phenoxy) is 3. The third-order valence-corrected chi connectivity index (χ3v) is 9.20. The Kier molecular flexibility index (Phi) is 41.6. The number of hydrogen-bond acceptors (Lipinski definition) is 6. The second-order valence-corrected chi connectivity index (χ2v) is 14.6. The standard InChI is InChI=1S/C50H82O6/c1-4-7-10-13-16-19-22-24-26-28-31-34-37-40-43-49(52)55-46-47(45-54-48(51)42-39-36-33-30-27-21-18-15-12-9-6-3)56-50(53)44-41-38-35-32-29-25-23-20-17-14-11-8-5-2/h7-8,10-11,14-21,23,27,47H,4-6,9,12-13,22,24-26,28-46H2,1-3H3/b10-7-,11-8-,17-14-,18-15-,19-16-,23-20-,27-21-. The van der Waals surface area contributed by atoms with Crippen molar-refractivity contribution in [3.05, 3.63) is 85.1 Å². The minimum absolute atomic E-state index is 0.0992. The van der Waals surface area contributed by atoms with Gasteiger partial charge in [0.15, 0.2) is 6.10 Å². The maximum atomic E-state index is 12.7. The topological polar surface area (TPSA) is 78.9 Å². The highest BCUT2D eigenvalue weighted by molar-refractivity contribution is 5.71. The number of carbonyl (C=O) groups excluding carboxylic acids is 3.